The molecule has 16 heavy (non-hydrogen) atoms. The van der Waals surface area contributed by atoms with E-state index >= 15 is 0 Å². The van der Waals surface area contributed by atoms with Crippen LogP contribution < -0.4 is 5.32 Å². The fourth-order valence-electron chi connectivity index (χ4n) is 1.63. The molecule has 0 saturated heterocycles. The average Bonchev–Trinajstić information content (AvgIpc) is 2.48. The molecule has 92 valence electrons. The normalized spacial score (nSPS) is 14.1. The topological polar surface area (TPSA) is 45.2 Å². The summed E-state index contributed by atoms with van der Waals surface area (Å²) >= 11 is 1.70. The van der Waals surface area contributed by atoms with Crippen LogP contribution in [0.5, 0.6) is 0 Å². The molecule has 4 heteroatoms. The first kappa shape index (κ1) is 13.6. The highest BCUT2D eigenvalue weighted by atomic mass is 32.1. The minimum Gasteiger partial charge on any atom is -0.392 e. The predicted octanol–water partition coefficient (Wildman–Crippen LogP) is 2.34. The van der Waals surface area contributed by atoms with Crippen molar-refractivity contribution in [1.29, 1.82) is 0 Å². The monoisotopic (exact) mass is 242 g/mol. The molecule has 1 rings (SSSR count). The Morgan fingerprint density at radius 1 is 1.50 bits per heavy atom. The number of nitrogens with one attached hydrogen (secondary N) is 1. The molecule has 1 aromatic rings. The lowest BCUT2D eigenvalue weighted by molar-refractivity contribution is 0.119. The van der Waals surface area contributed by atoms with Crippen LogP contribution in [0.1, 0.15) is 37.1 Å². The molecule has 0 saturated carbocycles. The Kier molecular flexibility index (Phi) is 4.89. The van der Waals surface area contributed by atoms with Gasteiger partial charge in [0, 0.05) is 24.2 Å². The zero-order valence-corrected chi connectivity index (χ0v) is 11.4. The maximum absolute atomic E-state index is 9.79. The van der Waals surface area contributed by atoms with Crippen LogP contribution in [0.3, 0.4) is 0 Å². The van der Waals surface area contributed by atoms with Crippen LogP contribution in [0.4, 0.5) is 0 Å². The summed E-state index contributed by atoms with van der Waals surface area (Å²) in [6.07, 6.45) is 2.44. The molecule has 1 unspecified atom stereocenters. The van der Waals surface area contributed by atoms with Crippen LogP contribution >= 0.6 is 11.3 Å². The van der Waals surface area contributed by atoms with E-state index in [9.17, 15) is 5.11 Å². The number of nitrogens with zero attached hydrogens (tertiary/aromatic N) is 1. The quantitative estimate of drug-likeness (QED) is 0.833. The van der Waals surface area contributed by atoms with E-state index in [2.05, 4.69) is 31.1 Å². The zero-order valence-electron chi connectivity index (χ0n) is 10.6. The lowest BCUT2D eigenvalue weighted by Crippen LogP contribution is -2.29. The van der Waals surface area contributed by atoms with E-state index in [4.69, 9.17) is 0 Å². The van der Waals surface area contributed by atoms with Crippen molar-refractivity contribution in [2.45, 2.75) is 46.8 Å². The molecule has 1 atom stereocenters. The Bertz CT molecular complexity index is 317. The van der Waals surface area contributed by atoms with E-state index in [1.54, 1.807) is 11.3 Å². The largest absolute Gasteiger partial charge is 0.392 e. The molecule has 0 radical (unpaired) electrons. The molecule has 0 aromatic carbocycles. The maximum atomic E-state index is 9.79. The molecule has 0 aliphatic rings. The standard InChI is InChI=1S/C12H22N2OS/c1-9-14-8-11(16-9)7-13-6-10(15)5-12(2,3)4/h8,10,13,15H,5-7H2,1-4H3. The van der Waals surface area contributed by atoms with Gasteiger partial charge in [-0.05, 0) is 18.8 Å². The number of rotatable bonds is 5. The van der Waals surface area contributed by atoms with E-state index in [-0.39, 0.29) is 11.5 Å². The third-order valence-corrected chi connectivity index (χ3v) is 3.11. The van der Waals surface area contributed by atoms with Gasteiger partial charge >= 0.3 is 0 Å². The molecule has 0 spiro atoms. The van der Waals surface area contributed by atoms with Gasteiger partial charge in [0.2, 0.25) is 0 Å². The summed E-state index contributed by atoms with van der Waals surface area (Å²) in [6.45, 7) is 9.87. The number of hydrogen-bond donors (Lipinski definition) is 2. The SMILES string of the molecule is Cc1ncc(CNCC(O)CC(C)(C)C)s1. The van der Waals surface area contributed by atoms with Crippen LogP contribution in [-0.2, 0) is 6.54 Å². The van der Waals surface area contributed by atoms with Crippen molar-refractivity contribution in [2.75, 3.05) is 6.54 Å². The first-order chi connectivity index (χ1) is 7.37. The van der Waals surface area contributed by atoms with Crippen molar-refractivity contribution >= 4 is 11.3 Å². The Balaban J connectivity index is 2.20. The van der Waals surface area contributed by atoms with Gasteiger partial charge in [0.1, 0.15) is 0 Å². The minimum absolute atomic E-state index is 0.183. The van der Waals surface area contributed by atoms with Gasteiger partial charge in [-0.15, -0.1) is 11.3 Å². The minimum atomic E-state index is -0.269. The van der Waals surface area contributed by atoms with Gasteiger partial charge in [-0.1, -0.05) is 20.8 Å². The second kappa shape index (κ2) is 5.75. The molecule has 0 fully saturated rings. The second-order valence-electron chi connectivity index (χ2n) is 5.40. The first-order valence-electron chi connectivity index (χ1n) is 5.67. The van der Waals surface area contributed by atoms with E-state index in [1.807, 2.05) is 13.1 Å². The maximum Gasteiger partial charge on any atom is 0.0897 e. The predicted molar refractivity (Wildman–Crippen MR) is 68.6 cm³/mol. The third kappa shape index (κ3) is 5.58. The lowest BCUT2D eigenvalue weighted by atomic mass is 9.89. The van der Waals surface area contributed by atoms with Crippen molar-refractivity contribution in [3.05, 3.63) is 16.1 Å². The summed E-state index contributed by atoms with van der Waals surface area (Å²) < 4.78 is 0. The van der Waals surface area contributed by atoms with Crippen LogP contribution in [0, 0.1) is 12.3 Å². The number of aliphatic hydroxyl groups is 1. The highest BCUT2D eigenvalue weighted by molar-refractivity contribution is 7.11. The van der Waals surface area contributed by atoms with Gasteiger partial charge in [-0.2, -0.15) is 0 Å². The highest BCUT2D eigenvalue weighted by Crippen LogP contribution is 2.20. The van der Waals surface area contributed by atoms with Crippen molar-refractivity contribution in [1.82, 2.24) is 10.3 Å². The number of aryl methyl sites for hydroxylation is 1. The summed E-state index contributed by atoms with van der Waals surface area (Å²) in [5.74, 6) is 0. The average molecular weight is 242 g/mol. The smallest absolute Gasteiger partial charge is 0.0897 e. The summed E-state index contributed by atoms with van der Waals surface area (Å²) in [4.78, 5) is 5.41. The van der Waals surface area contributed by atoms with Gasteiger partial charge in [0.05, 0.1) is 11.1 Å². The number of hydrogen-bond acceptors (Lipinski definition) is 4. The van der Waals surface area contributed by atoms with Gasteiger partial charge in [-0.25, -0.2) is 4.98 Å². The van der Waals surface area contributed by atoms with E-state index in [0.717, 1.165) is 18.0 Å². The van der Waals surface area contributed by atoms with Crippen LogP contribution in [0.2, 0.25) is 0 Å². The van der Waals surface area contributed by atoms with Gasteiger partial charge in [-0.3, -0.25) is 0 Å². The van der Waals surface area contributed by atoms with Gasteiger partial charge in [0.25, 0.3) is 0 Å². The zero-order chi connectivity index (χ0) is 12.2. The van der Waals surface area contributed by atoms with E-state index in [1.165, 1.54) is 4.88 Å². The Morgan fingerprint density at radius 2 is 2.19 bits per heavy atom. The van der Waals surface area contributed by atoms with Crippen LogP contribution in [0.25, 0.3) is 0 Å². The van der Waals surface area contributed by atoms with E-state index < -0.39 is 0 Å². The third-order valence-electron chi connectivity index (χ3n) is 2.20. The molecule has 0 amide bonds. The summed E-state index contributed by atoms with van der Waals surface area (Å²) in [6, 6.07) is 0. The molecular formula is C12H22N2OS. The van der Waals surface area contributed by atoms with Gasteiger partial charge in [0.15, 0.2) is 0 Å². The molecule has 1 heterocycles. The second-order valence-corrected chi connectivity index (χ2v) is 6.71. The van der Waals surface area contributed by atoms with Crippen LogP contribution in [-0.4, -0.2) is 22.7 Å². The summed E-state index contributed by atoms with van der Waals surface area (Å²) in [7, 11) is 0. The number of aromatic nitrogens is 1. The van der Waals surface area contributed by atoms with E-state index in [0.29, 0.717) is 6.54 Å². The Morgan fingerprint density at radius 3 is 2.69 bits per heavy atom. The lowest BCUT2D eigenvalue weighted by Gasteiger charge is -2.22. The van der Waals surface area contributed by atoms with Crippen molar-refractivity contribution in [2.24, 2.45) is 5.41 Å². The molecule has 3 nitrogen and oxygen atoms in total. The molecule has 1 aromatic heterocycles. The molecule has 0 bridgehead atoms. The van der Waals surface area contributed by atoms with Crippen molar-refractivity contribution in [3.8, 4) is 0 Å². The number of aliphatic hydroxyl groups excluding tert-OH is 1. The number of thiazole rings is 1. The molecule has 0 aliphatic carbocycles. The fraction of sp³-hybridized carbons (Fsp3) is 0.750. The highest BCUT2D eigenvalue weighted by Gasteiger charge is 2.16. The van der Waals surface area contributed by atoms with Crippen molar-refractivity contribution in [3.63, 3.8) is 0 Å². The summed E-state index contributed by atoms with van der Waals surface area (Å²) in [5, 5.41) is 14.1. The van der Waals surface area contributed by atoms with Gasteiger partial charge < -0.3 is 10.4 Å². The summed E-state index contributed by atoms with van der Waals surface area (Å²) in [5.41, 5.74) is 0.183. The molecule has 0 aliphatic heterocycles. The first-order valence-corrected chi connectivity index (χ1v) is 6.48. The molecular weight excluding hydrogens is 220 g/mol. The Hall–Kier alpha value is -0.450. The molecule has 2 N–H and O–H groups in total. The fourth-order valence-corrected chi connectivity index (χ4v) is 2.39. The Labute approximate surface area is 102 Å². The van der Waals surface area contributed by atoms with Crippen LogP contribution in [0.15, 0.2) is 6.20 Å². The van der Waals surface area contributed by atoms with Crippen molar-refractivity contribution < 1.29 is 5.11 Å².